The van der Waals surface area contributed by atoms with Gasteiger partial charge in [-0.3, -0.25) is 14.5 Å². The van der Waals surface area contributed by atoms with Crippen LogP contribution in [0.3, 0.4) is 0 Å². The predicted octanol–water partition coefficient (Wildman–Crippen LogP) is 5.04. The van der Waals surface area contributed by atoms with Crippen molar-refractivity contribution in [2.75, 3.05) is 11.9 Å². The second-order valence-electron chi connectivity index (χ2n) is 5.85. The molecule has 0 bridgehead atoms. The monoisotopic (exact) mass is 496 g/mol. The number of phenols is 1. The summed E-state index contributed by atoms with van der Waals surface area (Å²) in [7, 11) is 0. The molecule has 2 amide bonds. The standard InChI is InChI=1S/C19H14BrClN2O3S2/c20-12-3-1-2-11(8-12)9-16-18(26)23(19(27)28-16)7-6-17(25)22-14-10-13(21)4-5-15(14)24/h1-5,8-10,24H,6-7H2,(H,22,25)/b16-9+. The number of carbonyl (C=O) groups is 2. The van der Waals surface area contributed by atoms with Gasteiger partial charge in [-0.05, 0) is 42.0 Å². The molecule has 2 aromatic carbocycles. The number of carbonyl (C=O) groups excluding carboxylic acids is 2. The van der Waals surface area contributed by atoms with E-state index >= 15 is 0 Å². The van der Waals surface area contributed by atoms with Gasteiger partial charge in [0.15, 0.2) is 0 Å². The lowest BCUT2D eigenvalue weighted by molar-refractivity contribution is -0.122. The number of thioether (sulfide) groups is 1. The lowest BCUT2D eigenvalue weighted by Gasteiger charge is -2.14. The van der Waals surface area contributed by atoms with Crippen LogP contribution in [0.2, 0.25) is 5.02 Å². The molecule has 0 atom stereocenters. The van der Waals surface area contributed by atoms with Crippen molar-refractivity contribution in [2.24, 2.45) is 0 Å². The minimum absolute atomic E-state index is 0.0303. The van der Waals surface area contributed by atoms with Gasteiger partial charge in [0.25, 0.3) is 5.91 Å². The van der Waals surface area contributed by atoms with Gasteiger partial charge in [0.1, 0.15) is 10.1 Å². The Bertz CT molecular complexity index is 997. The first-order valence-corrected chi connectivity index (χ1v) is 10.5. The van der Waals surface area contributed by atoms with E-state index in [-0.39, 0.29) is 36.2 Å². The van der Waals surface area contributed by atoms with Crippen LogP contribution in [0.25, 0.3) is 6.08 Å². The molecular weight excluding hydrogens is 484 g/mol. The summed E-state index contributed by atoms with van der Waals surface area (Å²) in [6.07, 6.45) is 1.80. The number of nitrogens with one attached hydrogen (secondary N) is 1. The van der Waals surface area contributed by atoms with E-state index in [9.17, 15) is 14.7 Å². The molecule has 0 saturated carbocycles. The van der Waals surface area contributed by atoms with E-state index in [1.807, 2.05) is 24.3 Å². The Hall–Kier alpha value is -1.87. The molecular formula is C19H14BrClN2O3S2. The van der Waals surface area contributed by atoms with E-state index in [4.69, 9.17) is 23.8 Å². The number of thiocarbonyl (C=S) groups is 1. The Kier molecular flexibility index (Phi) is 6.77. The van der Waals surface area contributed by atoms with Crippen LogP contribution < -0.4 is 5.32 Å². The van der Waals surface area contributed by atoms with Crippen molar-refractivity contribution in [2.45, 2.75) is 6.42 Å². The number of nitrogens with zero attached hydrogens (tertiary/aromatic N) is 1. The number of halogens is 2. The number of amides is 2. The van der Waals surface area contributed by atoms with Crippen molar-refractivity contribution < 1.29 is 14.7 Å². The van der Waals surface area contributed by atoms with Crippen molar-refractivity contribution in [3.05, 3.63) is 62.4 Å². The zero-order valence-electron chi connectivity index (χ0n) is 14.3. The van der Waals surface area contributed by atoms with E-state index in [1.165, 1.54) is 34.9 Å². The number of benzene rings is 2. The summed E-state index contributed by atoms with van der Waals surface area (Å²) in [6.45, 7) is 0.146. The van der Waals surface area contributed by atoms with Crippen LogP contribution in [0.4, 0.5) is 5.69 Å². The summed E-state index contributed by atoms with van der Waals surface area (Å²) >= 11 is 15.8. The van der Waals surface area contributed by atoms with Crippen LogP contribution in [-0.4, -0.2) is 32.7 Å². The Labute approximate surface area is 184 Å². The largest absolute Gasteiger partial charge is 0.506 e. The number of hydrogen-bond acceptors (Lipinski definition) is 5. The summed E-state index contributed by atoms with van der Waals surface area (Å²) in [4.78, 5) is 26.7. The molecule has 2 N–H and O–H groups in total. The Morgan fingerprint density at radius 2 is 2.11 bits per heavy atom. The first-order valence-electron chi connectivity index (χ1n) is 8.13. The molecule has 1 fully saturated rings. The molecule has 0 radical (unpaired) electrons. The smallest absolute Gasteiger partial charge is 0.266 e. The highest BCUT2D eigenvalue weighted by atomic mass is 79.9. The van der Waals surface area contributed by atoms with Gasteiger partial charge in [0.2, 0.25) is 5.91 Å². The molecule has 1 saturated heterocycles. The van der Waals surface area contributed by atoms with Crippen LogP contribution in [0.5, 0.6) is 5.75 Å². The maximum atomic E-state index is 12.6. The second-order valence-corrected chi connectivity index (χ2v) is 8.88. The Morgan fingerprint density at radius 3 is 2.86 bits per heavy atom. The Balaban J connectivity index is 1.63. The maximum Gasteiger partial charge on any atom is 0.266 e. The molecule has 0 aromatic heterocycles. The van der Waals surface area contributed by atoms with Gasteiger partial charge in [-0.1, -0.05) is 63.6 Å². The first-order chi connectivity index (χ1) is 13.3. The number of rotatable bonds is 5. The quantitative estimate of drug-likeness (QED) is 0.344. The highest BCUT2D eigenvalue weighted by molar-refractivity contribution is 9.10. The zero-order valence-corrected chi connectivity index (χ0v) is 18.3. The van der Waals surface area contributed by atoms with Crippen LogP contribution in [0, 0.1) is 0 Å². The average molecular weight is 498 g/mol. The van der Waals surface area contributed by atoms with Crippen LogP contribution >= 0.6 is 51.5 Å². The molecule has 1 aliphatic rings. The number of phenolic OH excluding ortho intramolecular Hbond substituents is 1. The zero-order chi connectivity index (χ0) is 20.3. The van der Waals surface area contributed by atoms with Gasteiger partial charge in [-0.25, -0.2) is 0 Å². The molecule has 144 valence electrons. The summed E-state index contributed by atoms with van der Waals surface area (Å²) in [5.41, 5.74) is 1.10. The van der Waals surface area contributed by atoms with Crippen molar-refractivity contribution in [3.8, 4) is 5.75 Å². The van der Waals surface area contributed by atoms with Crippen molar-refractivity contribution in [1.29, 1.82) is 0 Å². The number of hydrogen-bond donors (Lipinski definition) is 2. The van der Waals surface area contributed by atoms with E-state index in [2.05, 4.69) is 21.2 Å². The minimum Gasteiger partial charge on any atom is -0.506 e. The maximum absolute atomic E-state index is 12.6. The molecule has 3 rings (SSSR count). The minimum atomic E-state index is -0.359. The third kappa shape index (κ3) is 5.14. The summed E-state index contributed by atoms with van der Waals surface area (Å²) in [5.74, 6) is -0.670. The molecule has 0 spiro atoms. The molecule has 1 aliphatic heterocycles. The van der Waals surface area contributed by atoms with Crippen LogP contribution in [0.1, 0.15) is 12.0 Å². The van der Waals surface area contributed by atoms with E-state index in [1.54, 1.807) is 6.08 Å². The fourth-order valence-electron chi connectivity index (χ4n) is 2.47. The Morgan fingerprint density at radius 1 is 1.32 bits per heavy atom. The topological polar surface area (TPSA) is 69.6 Å². The molecule has 9 heteroatoms. The molecule has 0 aliphatic carbocycles. The number of anilines is 1. The lowest BCUT2D eigenvalue weighted by atomic mass is 10.2. The van der Waals surface area contributed by atoms with E-state index in [0.29, 0.717) is 14.2 Å². The number of aromatic hydroxyl groups is 1. The predicted molar refractivity (Wildman–Crippen MR) is 120 cm³/mol. The SMILES string of the molecule is O=C(CCN1C(=O)/C(=C\c2cccc(Br)c2)SC1=S)Nc1cc(Cl)ccc1O. The summed E-state index contributed by atoms with van der Waals surface area (Å²) in [6, 6.07) is 11.9. The van der Waals surface area contributed by atoms with E-state index in [0.717, 1.165) is 10.0 Å². The highest BCUT2D eigenvalue weighted by Gasteiger charge is 2.32. The van der Waals surface area contributed by atoms with Gasteiger partial charge in [-0.2, -0.15) is 0 Å². The molecule has 28 heavy (non-hydrogen) atoms. The third-order valence-electron chi connectivity index (χ3n) is 3.82. The lowest BCUT2D eigenvalue weighted by Crippen LogP contribution is -2.31. The fourth-order valence-corrected chi connectivity index (χ4v) is 4.37. The molecule has 0 unspecified atom stereocenters. The molecule has 5 nitrogen and oxygen atoms in total. The van der Waals surface area contributed by atoms with E-state index < -0.39 is 0 Å². The van der Waals surface area contributed by atoms with Crippen LogP contribution in [0.15, 0.2) is 51.8 Å². The van der Waals surface area contributed by atoms with Crippen molar-refractivity contribution >= 4 is 79.4 Å². The fraction of sp³-hybridized carbons (Fsp3) is 0.105. The van der Waals surface area contributed by atoms with Crippen LogP contribution in [-0.2, 0) is 9.59 Å². The van der Waals surface area contributed by atoms with Gasteiger partial charge >= 0.3 is 0 Å². The van der Waals surface area contributed by atoms with Gasteiger partial charge in [0, 0.05) is 22.5 Å². The van der Waals surface area contributed by atoms with Gasteiger partial charge < -0.3 is 10.4 Å². The normalized spacial score (nSPS) is 15.4. The van der Waals surface area contributed by atoms with Crippen molar-refractivity contribution in [3.63, 3.8) is 0 Å². The molecule has 2 aromatic rings. The van der Waals surface area contributed by atoms with Gasteiger partial charge in [0.05, 0.1) is 10.6 Å². The van der Waals surface area contributed by atoms with Crippen molar-refractivity contribution in [1.82, 2.24) is 4.90 Å². The molecule has 1 heterocycles. The first kappa shape index (κ1) is 20.9. The van der Waals surface area contributed by atoms with Gasteiger partial charge in [-0.15, -0.1) is 0 Å². The third-order valence-corrected chi connectivity index (χ3v) is 5.92. The second kappa shape index (κ2) is 9.09. The average Bonchev–Trinajstić information content (AvgIpc) is 2.90. The summed E-state index contributed by atoms with van der Waals surface area (Å²) < 4.78 is 1.32. The summed E-state index contributed by atoms with van der Waals surface area (Å²) in [5, 5.41) is 12.7. The highest BCUT2D eigenvalue weighted by Crippen LogP contribution is 2.33.